The van der Waals surface area contributed by atoms with E-state index in [0.29, 0.717) is 12.8 Å². The van der Waals surface area contributed by atoms with Crippen LogP contribution in [0.4, 0.5) is 0 Å². The van der Waals surface area contributed by atoms with Gasteiger partial charge in [-0.2, -0.15) is 0 Å². The van der Waals surface area contributed by atoms with Crippen LogP contribution in [-0.2, 0) is 14.3 Å². The van der Waals surface area contributed by atoms with Crippen LogP contribution in [-0.4, -0.2) is 17.9 Å². The monoisotopic (exact) mass is 452 g/mol. The van der Waals surface area contributed by atoms with Crippen molar-refractivity contribution in [1.82, 2.24) is 0 Å². The number of carbonyl (C=O) groups excluding carboxylic acids is 2. The van der Waals surface area contributed by atoms with Gasteiger partial charge < -0.3 is 4.74 Å². The van der Waals surface area contributed by atoms with Gasteiger partial charge in [0.05, 0.1) is 0 Å². The molecule has 0 heterocycles. The van der Waals surface area contributed by atoms with Crippen LogP contribution in [0.25, 0.3) is 0 Å². The van der Waals surface area contributed by atoms with E-state index in [4.69, 9.17) is 4.74 Å². The average Bonchev–Trinajstić information content (AvgIpc) is 2.75. The maximum Gasteiger partial charge on any atom is 0.306 e. The van der Waals surface area contributed by atoms with Crippen LogP contribution in [0.2, 0.25) is 0 Å². The minimum Gasteiger partial charge on any atom is -0.462 e. The second-order valence-electron chi connectivity index (χ2n) is 9.92. The largest absolute Gasteiger partial charge is 0.462 e. The van der Waals surface area contributed by atoms with Crippen molar-refractivity contribution in [2.75, 3.05) is 0 Å². The molecular weight excluding hydrogens is 396 g/mol. The molecule has 0 aromatic heterocycles. The molecule has 0 N–H and O–H groups in total. The minimum absolute atomic E-state index is 0.108. The van der Waals surface area contributed by atoms with E-state index >= 15 is 0 Å². The first-order valence-corrected chi connectivity index (χ1v) is 14.3. The van der Waals surface area contributed by atoms with Gasteiger partial charge in [0.15, 0.2) is 0 Å². The Morgan fingerprint density at radius 1 is 0.562 bits per heavy atom. The van der Waals surface area contributed by atoms with Gasteiger partial charge in [-0.05, 0) is 26.2 Å². The lowest BCUT2D eigenvalue weighted by atomic mass is 10.0. The molecule has 0 bridgehead atoms. The quantitative estimate of drug-likeness (QED) is 0.102. The Bertz CT molecular complexity index is 419. The molecule has 0 spiro atoms. The van der Waals surface area contributed by atoms with Crippen LogP contribution in [0.5, 0.6) is 0 Å². The van der Waals surface area contributed by atoms with E-state index in [9.17, 15) is 9.59 Å². The predicted octanol–water partition coefficient (Wildman–Crippen LogP) is 9.50. The van der Waals surface area contributed by atoms with Crippen molar-refractivity contribution in [3.05, 3.63) is 0 Å². The summed E-state index contributed by atoms with van der Waals surface area (Å²) in [5, 5.41) is 0. The highest BCUT2D eigenvalue weighted by Gasteiger charge is 2.16. The summed E-state index contributed by atoms with van der Waals surface area (Å²) in [4.78, 5) is 23.8. The average molecular weight is 453 g/mol. The topological polar surface area (TPSA) is 43.4 Å². The maximum absolute atomic E-state index is 12.2. The van der Waals surface area contributed by atoms with Crippen LogP contribution in [0, 0.1) is 0 Å². The van der Waals surface area contributed by atoms with Crippen LogP contribution < -0.4 is 0 Å². The third-order valence-electron chi connectivity index (χ3n) is 6.43. The first-order chi connectivity index (χ1) is 15.6. The first kappa shape index (κ1) is 31.1. The van der Waals surface area contributed by atoms with E-state index in [1.54, 1.807) is 6.92 Å². The SMILES string of the molecule is CCCCCCCCCCCCCC(=O)O[C@H](CCCCCCCCCCC)CC(C)=O. The lowest BCUT2D eigenvalue weighted by molar-refractivity contribution is -0.150. The van der Waals surface area contributed by atoms with Gasteiger partial charge in [-0.15, -0.1) is 0 Å². The molecule has 0 aliphatic rings. The molecule has 32 heavy (non-hydrogen) atoms. The molecule has 0 saturated carbocycles. The molecule has 0 aromatic carbocycles. The summed E-state index contributed by atoms with van der Waals surface area (Å²) in [6, 6.07) is 0. The van der Waals surface area contributed by atoms with Crippen molar-refractivity contribution in [3.63, 3.8) is 0 Å². The molecule has 0 amide bonds. The second kappa shape index (κ2) is 24.8. The molecule has 3 heteroatoms. The van der Waals surface area contributed by atoms with Gasteiger partial charge in [0.1, 0.15) is 11.9 Å². The summed E-state index contributed by atoms with van der Waals surface area (Å²) in [5.41, 5.74) is 0. The highest BCUT2D eigenvalue weighted by molar-refractivity contribution is 5.76. The van der Waals surface area contributed by atoms with Crippen molar-refractivity contribution in [3.8, 4) is 0 Å². The fraction of sp³-hybridized carbons (Fsp3) is 0.931. The van der Waals surface area contributed by atoms with E-state index < -0.39 is 0 Å². The summed E-state index contributed by atoms with van der Waals surface area (Å²) in [6.45, 7) is 6.11. The predicted molar refractivity (Wildman–Crippen MR) is 138 cm³/mol. The van der Waals surface area contributed by atoms with Gasteiger partial charge in [0.25, 0.3) is 0 Å². The lowest BCUT2D eigenvalue weighted by Gasteiger charge is -2.17. The van der Waals surface area contributed by atoms with Crippen molar-refractivity contribution in [1.29, 1.82) is 0 Å². The van der Waals surface area contributed by atoms with Crippen molar-refractivity contribution in [2.45, 2.75) is 175 Å². The zero-order valence-electron chi connectivity index (χ0n) is 22.1. The molecular formula is C29H56O3. The zero-order valence-corrected chi connectivity index (χ0v) is 22.1. The number of hydrogen-bond acceptors (Lipinski definition) is 3. The van der Waals surface area contributed by atoms with Gasteiger partial charge in [0, 0.05) is 12.8 Å². The van der Waals surface area contributed by atoms with Gasteiger partial charge >= 0.3 is 5.97 Å². The Balaban J connectivity index is 3.71. The zero-order chi connectivity index (χ0) is 23.7. The van der Waals surface area contributed by atoms with Crippen LogP contribution in [0.1, 0.15) is 168 Å². The minimum atomic E-state index is -0.211. The summed E-state index contributed by atoms with van der Waals surface area (Å²) in [7, 11) is 0. The Morgan fingerprint density at radius 3 is 1.34 bits per heavy atom. The number of rotatable bonds is 25. The Hall–Kier alpha value is -0.860. The van der Waals surface area contributed by atoms with Gasteiger partial charge in [-0.1, -0.05) is 129 Å². The first-order valence-electron chi connectivity index (χ1n) is 14.3. The highest BCUT2D eigenvalue weighted by atomic mass is 16.5. The fourth-order valence-electron chi connectivity index (χ4n) is 4.38. The van der Waals surface area contributed by atoms with E-state index in [2.05, 4.69) is 13.8 Å². The number of Topliss-reactive ketones (excluding diaryl/α,β-unsaturated/α-hetero) is 1. The van der Waals surface area contributed by atoms with Crippen LogP contribution in [0.15, 0.2) is 0 Å². The number of ether oxygens (including phenoxy) is 1. The van der Waals surface area contributed by atoms with Gasteiger partial charge in [0.2, 0.25) is 0 Å². The standard InChI is InChI=1S/C29H56O3/c1-4-6-8-10-12-14-15-17-19-21-23-25-29(31)32-28(26-27(3)30)24-22-20-18-16-13-11-9-7-5-2/h28H,4-26H2,1-3H3/t28-/m1/s1. The Morgan fingerprint density at radius 2 is 0.938 bits per heavy atom. The number of hydrogen-bond donors (Lipinski definition) is 0. The maximum atomic E-state index is 12.2. The molecule has 1 atom stereocenters. The fourth-order valence-corrected chi connectivity index (χ4v) is 4.38. The van der Waals surface area contributed by atoms with Crippen molar-refractivity contribution in [2.24, 2.45) is 0 Å². The van der Waals surface area contributed by atoms with Crippen LogP contribution in [0.3, 0.4) is 0 Å². The molecule has 0 radical (unpaired) electrons. The van der Waals surface area contributed by atoms with E-state index in [0.717, 1.165) is 25.7 Å². The van der Waals surface area contributed by atoms with Gasteiger partial charge in [-0.3, -0.25) is 9.59 Å². The van der Waals surface area contributed by atoms with E-state index in [1.807, 2.05) is 0 Å². The molecule has 0 aromatic rings. The molecule has 0 saturated heterocycles. The van der Waals surface area contributed by atoms with Crippen molar-refractivity contribution < 1.29 is 14.3 Å². The highest BCUT2D eigenvalue weighted by Crippen LogP contribution is 2.16. The molecule has 0 fully saturated rings. The number of carbonyl (C=O) groups is 2. The smallest absolute Gasteiger partial charge is 0.306 e. The lowest BCUT2D eigenvalue weighted by Crippen LogP contribution is -2.20. The molecule has 3 nitrogen and oxygen atoms in total. The summed E-state index contributed by atoms with van der Waals surface area (Å²) < 4.78 is 5.67. The molecule has 0 unspecified atom stereocenters. The summed E-state index contributed by atoms with van der Waals surface area (Å²) in [6.07, 6.45) is 27.1. The number of unbranched alkanes of at least 4 members (excludes halogenated alkanes) is 18. The third kappa shape index (κ3) is 23.8. The summed E-state index contributed by atoms with van der Waals surface area (Å²) >= 11 is 0. The Kier molecular flexibility index (Phi) is 24.1. The molecule has 0 aliphatic carbocycles. The second-order valence-corrected chi connectivity index (χ2v) is 9.92. The summed E-state index contributed by atoms with van der Waals surface area (Å²) in [5.74, 6) is 0.0107. The van der Waals surface area contributed by atoms with E-state index in [1.165, 1.54) is 109 Å². The molecule has 190 valence electrons. The number of ketones is 1. The van der Waals surface area contributed by atoms with Crippen molar-refractivity contribution >= 4 is 11.8 Å². The normalized spacial score (nSPS) is 12.1. The van der Waals surface area contributed by atoms with Gasteiger partial charge in [-0.25, -0.2) is 0 Å². The molecule has 0 rings (SSSR count). The number of esters is 1. The van der Waals surface area contributed by atoms with E-state index in [-0.39, 0.29) is 17.9 Å². The molecule has 0 aliphatic heterocycles. The Labute approximate surface area is 200 Å². The van der Waals surface area contributed by atoms with Crippen LogP contribution >= 0.6 is 0 Å². The third-order valence-corrected chi connectivity index (χ3v) is 6.43.